The molecule has 0 aromatic carbocycles. The highest BCUT2D eigenvalue weighted by atomic mass is 14.9. The van der Waals surface area contributed by atoms with Gasteiger partial charge < -0.3 is 0 Å². The Kier molecular flexibility index (Phi) is 5.42. The molecule has 0 saturated carbocycles. The first-order valence-corrected chi connectivity index (χ1v) is 5.56. The van der Waals surface area contributed by atoms with E-state index >= 15 is 0 Å². The van der Waals surface area contributed by atoms with E-state index < -0.39 is 0 Å². The normalized spacial score (nSPS) is 24.2. The van der Waals surface area contributed by atoms with Crippen LogP contribution in [-0.4, -0.2) is 13.1 Å². The molecule has 0 aliphatic carbocycles. The van der Waals surface area contributed by atoms with Gasteiger partial charge in [0.1, 0.15) is 0 Å². The van der Waals surface area contributed by atoms with Crippen LogP contribution in [0.4, 0.5) is 0 Å². The lowest BCUT2D eigenvalue weighted by atomic mass is 9.93. The first-order valence-electron chi connectivity index (χ1n) is 5.56. The van der Waals surface area contributed by atoms with E-state index in [0.717, 1.165) is 19.0 Å². The van der Waals surface area contributed by atoms with Gasteiger partial charge in [-0.1, -0.05) is 32.6 Å². The summed E-state index contributed by atoms with van der Waals surface area (Å²) in [5.74, 6) is 0.940. The second-order valence-electron chi connectivity index (χ2n) is 3.99. The summed E-state index contributed by atoms with van der Waals surface area (Å²) in [6, 6.07) is 0. The van der Waals surface area contributed by atoms with Crippen LogP contribution in [0.25, 0.3) is 0 Å². The van der Waals surface area contributed by atoms with Crippen LogP contribution in [0, 0.1) is 5.92 Å². The average Bonchev–Trinajstić information content (AvgIpc) is 2.14. The van der Waals surface area contributed by atoms with E-state index in [-0.39, 0.29) is 0 Å². The number of hydrogen-bond donors (Lipinski definition) is 0. The highest BCUT2D eigenvalue weighted by Gasteiger charge is 2.12. The van der Waals surface area contributed by atoms with Crippen LogP contribution in [0.5, 0.6) is 0 Å². The zero-order valence-electron chi connectivity index (χ0n) is 8.39. The second kappa shape index (κ2) is 6.47. The van der Waals surface area contributed by atoms with Crippen molar-refractivity contribution in [1.29, 1.82) is 0 Å². The van der Waals surface area contributed by atoms with Gasteiger partial charge in [-0.3, -0.25) is 0 Å². The lowest BCUT2D eigenvalue weighted by molar-refractivity contribution is 0.342. The van der Waals surface area contributed by atoms with Gasteiger partial charge in [0.25, 0.3) is 0 Å². The van der Waals surface area contributed by atoms with E-state index in [9.17, 15) is 0 Å². The molecule has 1 heterocycles. The molecular formula is C11H22N. The SMILES string of the molecule is CCCCCCC1CCC[N]C1. The smallest absolute Gasteiger partial charge is 0.0161 e. The molecule has 0 amide bonds. The largest absolute Gasteiger partial charge is 0.242 e. The Labute approximate surface area is 76.9 Å². The molecule has 1 aliphatic heterocycles. The van der Waals surface area contributed by atoms with Crippen LogP contribution in [0.2, 0.25) is 0 Å². The molecule has 1 heteroatoms. The second-order valence-corrected chi connectivity index (χ2v) is 3.99. The molecule has 1 saturated heterocycles. The van der Waals surface area contributed by atoms with Gasteiger partial charge >= 0.3 is 0 Å². The summed E-state index contributed by atoms with van der Waals surface area (Å²) in [5, 5.41) is 4.46. The maximum Gasteiger partial charge on any atom is 0.0161 e. The van der Waals surface area contributed by atoms with Crippen LogP contribution >= 0.6 is 0 Å². The van der Waals surface area contributed by atoms with Gasteiger partial charge in [-0.05, 0) is 25.2 Å². The summed E-state index contributed by atoms with van der Waals surface area (Å²) < 4.78 is 0. The van der Waals surface area contributed by atoms with Crippen molar-refractivity contribution in [2.75, 3.05) is 13.1 Å². The molecule has 0 aromatic heterocycles. The molecule has 0 N–H and O–H groups in total. The number of hydrogen-bond acceptors (Lipinski definition) is 0. The molecule has 1 radical (unpaired) electrons. The van der Waals surface area contributed by atoms with Crippen molar-refractivity contribution in [3.63, 3.8) is 0 Å². The Morgan fingerprint density at radius 2 is 2.17 bits per heavy atom. The first kappa shape index (κ1) is 10.0. The highest BCUT2D eigenvalue weighted by molar-refractivity contribution is 4.68. The molecule has 71 valence electrons. The molecule has 12 heavy (non-hydrogen) atoms. The Hall–Kier alpha value is -0.0400. The number of nitrogens with zero attached hydrogens (tertiary/aromatic N) is 1. The van der Waals surface area contributed by atoms with Crippen molar-refractivity contribution in [3.8, 4) is 0 Å². The van der Waals surface area contributed by atoms with Crippen LogP contribution in [0.3, 0.4) is 0 Å². The zero-order valence-corrected chi connectivity index (χ0v) is 8.39. The van der Waals surface area contributed by atoms with E-state index in [1.165, 1.54) is 44.9 Å². The Bertz CT molecular complexity index is 95.2. The predicted molar refractivity (Wildman–Crippen MR) is 53.4 cm³/mol. The minimum Gasteiger partial charge on any atom is -0.242 e. The van der Waals surface area contributed by atoms with Crippen molar-refractivity contribution in [1.82, 2.24) is 5.32 Å². The van der Waals surface area contributed by atoms with E-state index in [0.29, 0.717) is 0 Å². The van der Waals surface area contributed by atoms with E-state index in [1.54, 1.807) is 0 Å². The average molecular weight is 168 g/mol. The lowest BCUT2D eigenvalue weighted by Crippen LogP contribution is -2.24. The van der Waals surface area contributed by atoms with Gasteiger partial charge in [0.2, 0.25) is 0 Å². The zero-order chi connectivity index (χ0) is 8.65. The molecule has 1 unspecified atom stereocenters. The minimum absolute atomic E-state index is 0.940. The Balaban J connectivity index is 1.91. The topological polar surface area (TPSA) is 14.1 Å². The van der Waals surface area contributed by atoms with Gasteiger partial charge in [0, 0.05) is 13.1 Å². The minimum atomic E-state index is 0.940. The fourth-order valence-corrected chi connectivity index (χ4v) is 1.95. The molecule has 1 fully saturated rings. The van der Waals surface area contributed by atoms with E-state index in [4.69, 9.17) is 0 Å². The third kappa shape index (κ3) is 4.10. The van der Waals surface area contributed by atoms with Crippen molar-refractivity contribution in [2.45, 2.75) is 51.9 Å². The van der Waals surface area contributed by atoms with Crippen molar-refractivity contribution in [3.05, 3.63) is 0 Å². The number of piperidine rings is 1. The van der Waals surface area contributed by atoms with Gasteiger partial charge in [-0.15, -0.1) is 0 Å². The molecule has 1 nitrogen and oxygen atoms in total. The maximum absolute atomic E-state index is 4.46. The molecular weight excluding hydrogens is 146 g/mol. The van der Waals surface area contributed by atoms with Crippen molar-refractivity contribution < 1.29 is 0 Å². The molecule has 0 bridgehead atoms. The predicted octanol–water partition coefficient (Wildman–Crippen LogP) is 2.97. The molecule has 0 spiro atoms. The van der Waals surface area contributed by atoms with Gasteiger partial charge in [-0.25, -0.2) is 5.32 Å². The fraction of sp³-hybridized carbons (Fsp3) is 1.00. The summed E-state index contributed by atoms with van der Waals surface area (Å²) in [6.45, 7) is 4.56. The summed E-state index contributed by atoms with van der Waals surface area (Å²) >= 11 is 0. The molecule has 1 atom stereocenters. The Morgan fingerprint density at radius 1 is 1.25 bits per heavy atom. The van der Waals surface area contributed by atoms with Crippen LogP contribution in [0.15, 0.2) is 0 Å². The van der Waals surface area contributed by atoms with E-state index in [2.05, 4.69) is 12.2 Å². The van der Waals surface area contributed by atoms with Gasteiger partial charge in [0.05, 0.1) is 0 Å². The molecule has 1 rings (SSSR count). The van der Waals surface area contributed by atoms with E-state index in [1.807, 2.05) is 0 Å². The maximum atomic E-state index is 4.46. The summed E-state index contributed by atoms with van der Waals surface area (Å²) in [4.78, 5) is 0. The lowest BCUT2D eigenvalue weighted by Gasteiger charge is -2.20. The fourth-order valence-electron chi connectivity index (χ4n) is 1.95. The third-order valence-electron chi connectivity index (χ3n) is 2.78. The van der Waals surface area contributed by atoms with Crippen LogP contribution < -0.4 is 5.32 Å². The van der Waals surface area contributed by atoms with Crippen LogP contribution in [-0.2, 0) is 0 Å². The Morgan fingerprint density at radius 3 is 2.83 bits per heavy atom. The molecule has 0 aromatic rings. The number of unbranched alkanes of at least 4 members (excludes halogenated alkanes) is 3. The summed E-state index contributed by atoms with van der Waals surface area (Å²) in [5.41, 5.74) is 0. The molecule has 1 aliphatic rings. The highest BCUT2D eigenvalue weighted by Crippen LogP contribution is 2.18. The van der Waals surface area contributed by atoms with Gasteiger partial charge in [0.15, 0.2) is 0 Å². The van der Waals surface area contributed by atoms with Crippen molar-refractivity contribution in [2.24, 2.45) is 5.92 Å². The third-order valence-corrected chi connectivity index (χ3v) is 2.78. The van der Waals surface area contributed by atoms with Crippen LogP contribution in [0.1, 0.15) is 51.9 Å². The summed E-state index contributed by atoms with van der Waals surface area (Å²) in [7, 11) is 0. The van der Waals surface area contributed by atoms with Gasteiger partial charge in [-0.2, -0.15) is 0 Å². The summed E-state index contributed by atoms with van der Waals surface area (Å²) in [6.07, 6.45) is 9.87. The standard InChI is InChI=1S/C11H22N/c1-2-3-4-5-7-11-8-6-9-12-10-11/h11H,2-10H2,1H3. The quantitative estimate of drug-likeness (QED) is 0.560. The monoisotopic (exact) mass is 168 g/mol. The first-order chi connectivity index (χ1) is 5.93. The number of rotatable bonds is 5. The van der Waals surface area contributed by atoms with Crippen molar-refractivity contribution >= 4 is 0 Å².